The van der Waals surface area contributed by atoms with Crippen LogP contribution in [0.3, 0.4) is 0 Å². The van der Waals surface area contributed by atoms with Crippen molar-refractivity contribution < 1.29 is 5.11 Å². The van der Waals surface area contributed by atoms with Gasteiger partial charge in [0.2, 0.25) is 5.43 Å². The number of pyridine rings is 1. The number of rotatable bonds is 1. The van der Waals surface area contributed by atoms with E-state index >= 15 is 0 Å². The summed E-state index contributed by atoms with van der Waals surface area (Å²) in [4.78, 5) is 13.9. The van der Waals surface area contributed by atoms with E-state index in [9.17, 15) is 4.79 Å². The maximum absolute atomic E-state index is 11.1. The topological polar surface area (TPSA) is 53.1 Å². The first-order valence-electron chi connectivity index (χ1n) is 4.29. The average molecular weight is 181 g/mol. The summed E-state index contributed by atoms with van der Waals surface area (Å²) >= 11 is 0. The quantitative estimate of drug-likeness (QED) is 0.692. The Bertz CT molecular complexity index is 347. The summed E-state index contributed by atoms with van der Waals surface area (Å²) in [6, 6.07) is 1.45. The predicted octanol–water partition coefficient (Wildman–Crippen LogP) is 1.67. The zero-order valence-corrected chi connectivity index (χ0v) is 8.22. The molecule has 0 saturated carbocycles. The lowest BCUT2D eigenvalue weighted by atomic mass is 9.90. The molecule has 3 nitrogen and oxygen atoms in total. The van der Waals surface area contributed by atoms with Crippen LogP contribution in [-0.4, -0.2) is 10.1 Å². The van der Waals surface area contributed by atoms with E-state index in [4.69, 9.17) is 5.11 Å². The number of aromatic hydroxyl groups is 1. The zero-order valence-electron chi connectivity index (χ0n) is 8.22. The molecule has 0 radical (unpaired) electrons. The number of hydrogen-bond acceptors (Lipinski definition) is 2. The van der Waals surface area contributed by atoms with Crippen molar-refractivity contribution in [2.45, 2.75) is 27.2 Å². The van der Waals surface area contributed by atoms with Crippen LogP contribution in [0.2, 0.25) is 0 Å². The molecule has 13 heavy (non-hydrogen) atoms. The Hall–Kier alpha value is -1.25. The third-order valence-corrected chi connectivity index (χ3v) is 1.67. The normalized spacial score (nSPS) is 11.6. The molecule has 1 rings (SSSR count). The summed E-state index contributed by atoms with van der Waals surface area (Å²) in [7, 11) is 0. The van der Waals surface area contributed by atoms with Crippen molar-refractivity contribution in [3.05, 3.63) is 28.2 Å². The summed E-state index contributed by atoms with van der Waals surface area (Å²) in [5.41, 5.74) is 0.674. The van der Waals surface area contributed by atoms with Gasteiger partial charge in [-0.25, -0.2) is 0 Å². The van der Waals surface area contributed by atoms with E-state index in [0.717, 1.165) is 12.1 Å². The molecule has 0 amide bonds. The van der Waals surface area contributed by atoms with Crippen molar-refractivity contribution in [2.24, 2.45) is 5.41 Å². The molecular formula is C10H15NO2. The molecule has 1 aromatic rings. The van der Waals surface area contributed by atoms with Crippen LogP contribution in [-0.2, 0) is 6.42 Å². The second-order valence-electron chi connectivity index (χ2n) is 4.45. The molecule has 0 unspecified atom stereocenters. The van der Waals surface area contributed by atoms with E-state index in [2.05, 4.69) is 25.8 Å². The van der Waals surface area contributed by atoms with E-state index in [1.807, 2.05) is 0 Å². The van der Waals surface area contributed by atoms with Crippen molar-refractivity contribution in [1.29, 1.82) is 0 Å². The minimum atomic E-state index is -0.321. The highest BCUT2D eigenvalue weighted by atomic mass is 16.3. The molecule has 0 aliphatic rings. The molecule has 3 heteroatoms. The fourth-order valence-corrected chi connectivity index (χ4v) is 1.18. The van der Waals surface area contributed by atoms with Gasteiger partial charge in [0.15, 0.2) is 5.75 Å². The lowest BCUT2D eigenvalue weighted by Crippen LogP contribution is -2.12. The maximum atomic E-state index is 11.1. The second-order valence-corrected chi connectivity index (χ2v) is 4.45. The van der Waals surface area contributed by atoms with Crippen LogP contribution in [0.1, 0.15) is 26.5 Å². The molecule has 0 spiro atoms. The van der Waals surface area contributed by atoms with Crippen LogP contribution in [0, 0.1) is 5.41 Å². The Morgan fingerprint density at radius 3 is 2.54 bits per heavy atom. The van der Waals surface area contributed by atoms with Crippen LogP contribution >= 0.6 is 0 Å². The van der Waals surface area contributed by atoms with Gasteiger partial charge in [0.05, 0.1) is 0 Å². The highest BCUT2D eigenvalue weighted by Gasteiger charge is 2.12. The molecular weight excluding hydrogens is 166 g/mol. The predicted molar refractivity (Wildman–Crippen MR) is 51.9 cm³/mol. The van der Waals surface area contributed by atoms with Crippen LogP contribution in [0.25, 0.3) is 0 Å². The van der Waals surface area contributed by atoms with Gasteiger partial charge in [-0.1, -0.05) is 20.8 Å². The largest absolute Gasteiger partial charge is 0.503 e. The smallest absolute Gasteiger partial charge is 0.223 e. The van der Waals surface area contributed by atoms with Gasteiger partial charge in [-0.15, -0.1) is 0 Å². The van der Waals surface area contributed by atoms with E-state index in [1.54, 1.807) is 0 Å². The standard InChI is InChI=1S/C10H15NO2/c1-10(2,3)5-7-4-8(12)9(13)6-11-7/h4,6,13H,5H2,1-3H3,(H,11,12). The number of nitrogens with one attached hydrogen (secondary N) is 1. The summed E-state index contributed by atoms with van der Waals surface area (Å²) < 4.78 is 0. The zero-order chi connectivity index (χ0) is 10.1. The van der Waals surface area contributed by atoms with E-state index in [-0.39, 0.29) is 16.6 Å². The third-order valence-electron chi connectivity index (χ3n) is 1.67. The molecule has 72 valence electrons. The molecule has 0 aliphatic heterocycles. The summed E-state index contributed by atoms with van der Waals surface area (Å²) in [5.74, 6) is -0.224. The van der Waals surface area contributed by atoms with Gasteiger partial charge in [0.25, 0.3) is 0 Å². The monoisotopic (exact) mass is 181 g/mol. The van der Waals surface area contributed by atoms with Crippen LogP contribution < -0.4 is 5.43 Å². The number of H-pyrrole nitrogens is 1. The fraction of sp³-hybridized carbons (Fsp3) is 0.500. The average Bonchev–Trinajstić information content (AvgIpc) is 1.94. The summed E-state index contributed by atoms with van der Waals surface area (Å²) in [6.45, 7) is 6.29. The van der Waals surface area contributed by atoms with Gasteiger partial charge in [-0.2, -0.15) is 0 Å². The third kappa shape index (κ3) is 2.93. The lowest BCUT2D eigenvalue weighted by Gasteiger charge is -2.17. The van der Waals surface area contributed by atoms with Crippen molar-refractivity contribution >= 4 is 0 Å². The van der Waals surface area contributed by atoms with Crippen LogP contribution in [0.4, 0.5) is 0 Å². The van der Waals surface area contributed by atoms with Gasteiger partial charge in [-0.3, -0.25) is 4.79 Å². The van der Waals surface area contributed by atoms with Crippen molar-refractivity contribution in [3.8, 4) is 5.75 Å². The first-order valence-corrected chi connectivity index (χ1v) is 4.29. The fourth-order valence-electron chi connectivity index (χ4n) is 1.18. The number of aromatic amines is 1. The van der Waals surface area contributed by atoms with Gasteiger partial charge >= 0.3 is 0 Å². The van der Waals surface area contributed by atoms with E-state index in [0.29, 0.717) is 0 Å². The molecule has 0 atom stereocenters. The van der Waals surface area contributed by atoms with Gasteiger partial charge < -0.3 is 10.1 Å². The molecule has 2 N–H and O–H groups in total. The van der Waals surface area contributed by atoms with Crippen molar-refractivity contribution in [1.82, 2.24) is 4.98 Å². The molecule has 0 saturated heterocycles. The first-order chi connectivity index (χ1) is 5.88. The molecule has 0 aliphatic carbocycles. The summed E-state index contributed by atoms with van der Waals surface area (Å²) in [5, 5.41) is 9.00. The maximum Gasteiger partial charge on any atom is 0.223 e. The van der Waals surface area contributed by atoms with Crippen LogP contribution in [0.15, 0.2) is 17.1 Å². The minimum absolute atomic E-state index is 0.139. The lowest BCUT2D eigenvalue weighted by molar-refractivity contribution is 0.404. The summed E-state index contributed by atoms with van der Waals surface area (Å²) in [6.07, 6.45) is 2.13. The second kappa shape index (κ2) is 3.24. The molecule has 0 fully saturated rings. The van der Waals surface area contributed by atoms with Crippen molar-refractivity contribution in [2.75, 3.05) is 0 Å². The number of hydrogen-bond donors (Lipinski definition) is 2. The molecule has 1 heterocycles. The number of aromatic nitrogens is 1. The Kier molecular flexibility index (Phi) is 2.45. The molecule has 0 bridgehead atoms. The highest BCUT2D eigenvalue weighted by molar-refractivity contribution is 5.18. The highest BCUT2D eigenvalue weighted by Crippen LogP contribution is 2.18. The van der Waals surface area contributed by atoms with E-state index < -0.39 is 0 Å². The van der Waals surface area contributed by atoms with Gasteiger partial charge in [-0.05, 0) is 11.8 Å². The van der Waals surface area contributed by atoms with Crippen molar-refractivity contribution in [3.63, 3.8) is 0 Å². The Morgan fingerprint density at radius 1 is 1.46 bits per heavy atom. The van der Waals surface area contributed by atoms with Gasteiger partial charge in [0, 0.05) is 18.0 Å². The Balaban J connectivity index is 2.93. The minimum Gasteiger partial charge on any atom is -0.503 e. The van der Waals surface area contributed by atoms with Gasteiger partial charge in [0.1, 0.15) is 0 Å². The van der Waals surface area contributed by atoms with Crippen LogP contribution in [0.5, 0.6) is 5.75 Å². The Morgan fingerprint density at radius 2 is 2.08 bits per heavy atom. The molecule has 1 aromatic heterocycles. The SMILES string of the molecule is CC(C)(C)Cc1cc(=O)c(O)c[nH]1. The van der Waals surface area contributed by atoms with E-state index in [1.165, 1.54) is 12.3 Å². The first kappa shape index (κ1) is 9.84. The Labute approximate surface area is 77.4 Å². The molecule has 0 aromatic carbocycles.